The van der Waals surface area contributed by atoms with Crippen LogP contribution >= 0.6 is 0 Å². The molecule has 20 heavy (non-hydrogen) atoms. The van der Waals surface area contributed by atoms with Crippen LogP contribution in [0.4, 0.5) is 0 Å². The predicted octanol–water partition coefficient (Wildman–Crippen LogP) is 5.04. The fourth-order valence-electron chi connectivity index (χ4n) is 3.50. The molecule has 3 aromatic carbocycles. The molecule has 94 valence electrons. The lowest BCUT2D eigenvalue weighted by molar-refractivity contribution is 1.32. The third kappa shape index (κ3) is 1.17. The van der Waals surface area contributed by atoms with E-state index in [4.69, 9.17) is 0 Å². The number of para-hydroxylation sites is 1. The Morgan fingerprint density at radius 3 is 2.70 bits per heavy atom. The van der Waals surface area contributed by atoms with E-state index < -0.39 is 0 Å². The van der Waals surface area contributed by atoms with Gasteiger partial charge in [-0.3, -0.25) is 0 Å². The highest BCUT2D eigenvalue weighted by atomic mass is 14.7. The highest BCUT2D eigenvalue weighted by molar-refractivity contribution is 6.22. The van der Waals surface area contributed by atoms with E-state index in [2.05, 4.69) is 65.7 Å². The lowest BCUT2D eigenvalue weighted by atomic mass is 9.96. The van der Waals surface area contributed by atoms with Gasteiger partial charge in [0.25, 0.3) is 0 Å². The second-order valence-electron chi connectivity index (χ2n) is 5.50. The first-order valence-electron chi connectivity index (χ1n) is 7.03. The van der Waals surface area contributed by atoms with Gasteiger partial charge in [-0.25, -0.2) is 0 Å². The maximum atomic E-state index is 3.54. The second kappa shape index (κ2) is 3.51. The molecule has 0 amide bonds. The first kappa shape index (κ1) is 10.3. The van der Waals surface area contributed by atoms with Gasteiger partial charge in [-0.1, -0.05) is 48.6 Å². The smallest absolute Gasteiger partial charge is 0.0471 e. The highest BCUT2D eigenvalue weighted by Crippen LogP contribution is 2.37. The molecule has 1 heteroatoms. The predicted molar refractivity (Wildman–Crippen MR) is 86.0 cm³/mol. The summed E-state index contributed by atoms with van der Waals surface area (Å²) < 4.78 is 0. The summed E-state index contributed by atoms with van der Waals surface area (Å²) in [6.07, 6.45) is 5.60. The van der Waals surface area contributed by atoms with Crippen molar-refractivity contribution in [3.8, 4) is 0 Å². The maximum absolute atomic E-state index is 3.54. The van der Waals surface area contributed by atoms with Crippen molar-refractivity contribution in [3.63, 3.8) is 0 Å². The number of H-pyrrole nitrogens is 1. The number of hydrogen-bond acceptors (Lipinski definition) is 0. The molecule has 0 radical (unpaired) electrons. The van der Waals surface area contributed by atoms with Crippen LogP contribution in [0.1, 0.15) is 11.1 Å². The highest BCUT2D eigenvalue weighted by Gasteiger charge is 2.14. The minimum atomic E-state index is 1.06. The molecule has 5 rings (SSSR count). The Morgan fingerprint density at radius 1 is 0.800 bits per heavy atom. The Morgan fingerprint density at radius 2 is 1.70 bits per heavy atom. The minimum Gasteiger partial charge on any atom is -0.354 e. The van der Waals surface area contributed by atoms with Gasteiger partial charge in [0.05, 0.1) is 0 Å². The zero-order valence-electron chi connectivity index (χ0n) is 11.0. The minimum absolute atomic E-state index is 1.06. The molecule has 0 aliphatic heterocycles. The summed E-state index contributed by atoms with van der Waals surface area (Å²) in [6.45, 7) is 0. The van der Waals surface area contributed by atoms with Crippen LogP contribution in [-0.2, 0) is 6.42 Å². The summed E-state index contributed by atoms with van der Waals surface area (Å²) in [7, 11) is 0. The molecule has 1 heterocycles. The molecule has 1 aliphatic rings. The quantitative estimate of drug-likeness (QED) is 0.453. The van der Waals surface area contributed by atoms with Crippen LogP contribution in [-0.4, -0.2) is 4.98 Å². The molecule has 0 spiro atoms. The van der Waals surface area contributed by atoms with E-state index in [1.807, 2.05) is 0 Å². The Balaban J connectivity index is 2.15. The van der Waals surface area contributed by atoms with Crippen molar-refractivity contribution < 1.29 is 0 Å². The van der Waals surface area contributed by atoms with E-state index in [1.54, 1.807) is 0 Å². The number of aromatic nitrogens is 1. The van der Waals surface area contributed by atoms with Crippen LogP contribution in [0.25, 0.3) is 38.7 Å². The standard InChI is InChI=1S/C19H13N/c1-2-7-16-15(5-1)19-17(20-16)11-10-13-9-8-12-4-3-6-14(12)18(13)19/h1-3,5-11,20H,4H2. The Labute approximate surface area is 116 Å². The molecule has 4 aromatic rings. The van der Waals surface area contributed by atoms with Gasteiger partial charge >= 0.3 is 0 Å². The molecule has 0 fully saturated rings. The summed E-state index contributed by atoms with van der Waals surface area (Å²) in [5, 5.41) is 5.40. The van der Waals surface area contributed by atoms with Gasteiger partial charge in [-0.15, -0.1) is 0 Å². The first-order chi connectivity index (χ1) is 9.92. The van der Waals surface area contributed by atoms with E-state index in [9.17, 15) is 0 Å². The molecule has 1 N–H and O–H groups in total. The van der Waals surface area contributed by atoms with Crippen molar-refractivity contribution >= 4 is 38.7 Å². The summed E-state index contributed by atoms with van der Waals surface area (Å²) >= 11 is 0. The normalized spacial score (nSPS) is 13.6. The van der Waals surface area contributed by atoms with Gasteiger partial charge in [0.2, 0.25) is 0 Å². The number of allylic oxidation sites excluding steroid dienone is 1. The zero-order chi connectivity index (χ0) is 13.1. The number of hydrogen-bond donors (Lipinski definition) is 1. The average molecular weight is 255 g/mol. The lowest BCUT2D eigenvalue weighted by Gasteiger charge is -2.07. The molecule has 0 unspecified atom stereocenters. The van der Waals surface area contributed by atoms with Gasteiger partial charge in [-0.2, -0.15) is 0 Å². The number of rotatable bonds is 0. The Bertz CT molecular complexity index is 1020. The van der Waals surface area contributed by atoms with E-state index in [0.29, 0.717) is 0 Å². The van der Waals surface area contributed by atoms with Crippen LogP contribution in [0, 0.1) is 0 Å². The van der Waals surface area contributed by atoms with Crippen molar-refractivity contribution in [3.05, 3.63) is 65.7 Å². The number of benzene rings is 3. The summed E-state index contributed by atoms with van der Waals surface area (Å²) in [5.41, 5.74) is 5.29. The molecular weight excluding hydrogens is 242 g/mol. The largest absolute Gasteiger partial charge is 0.354 e. The van der Waals surface area contributed by atoms with Gasteiger partial charge in [-0.05, 0) is 40.5 Å². The van der Waals surface area contributed by atoms with Gasteiger partial charge in [0, 0.05) is 21.8 Å². The molecule has 0 saturated heterocycles. The SMILES string of the molecule is C1=Cc2c(ccc3ccc4[nH]c5ccccc5c4c23)C1. The first-order valence-corrected chi connectivity index (χ1v) is 7.03. The van der Waals surface area contributed by atoms with Gasteiger partial charge < -0.3 is 4.98 Å². The zero-order valence-corrected chi connectivity index (χ0v) is 11.0. The molecule has 1 aromatic heterocycles. The van der Waals surface area contributed by atoms with Gasteiger partial charge in [0.15, 0.2) is 0 Å². The number of fused-ring (bicyclic) bond motifs is 7. The summed E-state index contributed by atoms with van der Waals surface area (Å²) in [4.78, 5) is 3.54. The van der Waals surface area contributed by atoms with Crippen LogP contribution in [0.5, 0.6) is 0 Å². The molecule has 0 saturated carbocycles. The van der Waals surface area contributed by atoms with Crippen molar-refractivity contribution in [1.82, 2.24) is 4.98 Å². The summed E-state index contributed by atoms with van der Waals surface area (Å²) in [6, 6.07) is 17.5. The van der Waals surface area contributed by atoms with Crippen molar-refractivity contribution in [1.29, 1.82) is 0 Å². The van der Waals surface area contributed by atoms with Crippen LogP contribution in [0.3, 0.4) is 0 Å². The maximum Gasteiger partial charge on any atom is 0.0471 e. The van der Waals surface area contributed by atoms with Crippen LogP contribution in [0.15, 0.2) is 54.6 Å². The van der Waals surface area contributed by atoms with E-state index >= 15 is 0 Å². The fraction of sp³-hybridized carbons (Fsp3) is 0.0526. The number of aromatic amines is 1. The third-order valence-corrected chi connectivity index (χ3v) is 4.40. The van der Waals surface area contributed by atoms with Crippen LogP contribution in [0.2, 0.25) is 0 Å². The molecule has 0 bridgehead atoms. The van der Waals surface area contributed by atoms with E-state index in [0.717, 1.165) is 6.42 Å². The van der Waals surface area contributed by atoms with E-state index in [-0.39, 0.29) is 0 Å². The second-order valence-corrected chi connectivity index (χ2v) is 5.50. The monoisotopic (exact) mass is 255 g/mol. The lowest BCUT2D eigenvalue weighted by Crippen LogP contribution is -1.85. The molecule has 0 atom stereocenters. The van der Waals surface area contributed by atoms with Crippen molar-refractivity contribution in [2.75, 3.05) is 0 Å². The van der Waals surface area contributed by atoms with Crippen LogP contribution < -0.4 is 0 Å². The Kier molecular flexibility index (Phi) is 1.80. The number of nitrogens with one attached hydrogen (secondary N) is 1. The fourth-order valence-corrected chi connectivity index (χ4v) is 3.50. The third-order valence-electron chi connectivity index (χ3n) is 4.40. The average Bonchev–Trinajstić information content (AvgIpc) is 3.10. The Hall–Kier alpha value is -2.54. The molecule has 1 aliphatic carbocycles. The topological polar surface area (TPSA) is 15.8 Å². The van der Waals surface area contributed by atoms with Crippen molar-refractivity contribution in [2.45, 2.75) is 6.42 Å². The van der Waals surface area contributed by atoms with E-state index in [1.165, 1.54) is 43.7 Å². The molecule has 1 nitrogen and oxygen atoms in total. The summed E-state index contributed by atoms with van der Waals surface area (Å²) in [5.74, 6) is 0. The van der Waals surface area contributed by atoms with Gasteiger partial charge in [0.1, 0.15) is 0 Å². The van der Waals surface area contributed by atoms with Crippen molar-refractivity contribution in [2.24, 2.45) is 0 Å². The molecular formula is C19H13N.